The van der Waals surface area contributed by atoms with Gasteiger partial charge in [-0.2, -0.15) is 0 Å². The lowest BCUT2D eigenvalue weighted by atomic mass is 10.1. The molecule has 1 aromatic heterocycles. The molecule has 0 fully saturated rings. The highest BCUT2D eigenvalue weighted by Crippen LogP contribution is 2.21. The molecule has 0 amide bonds. The zero-order chi connectivity index (χ0) is 12.3. The molecule has 0 aliphatic heterocycles. The molecule has 0 aliphatic carbocycles. The van der Waals surface area contributed by atoms with Gasteiger partial charge in [-0.15, -0.1) is 0 Å². The lowest BCUT2D eigenvalue weighted by Gasteiger charge is -2.06. The first-order valence-electron chi connectivity index (χ1n) is 5.34. The molecule has 0 spiro atoms. The summed E-state index contributed by atoms with van der Waals surface area (Å²) in [5.41, 5.74) is 0.856. The van der Waals surface area contributed by atoms with Crippen molar-refractivity contribution in [1.82, 2.24) is 4.98 Å². The number of ether oxygens (including phenoxy) is 1. The van der Waals surface area contributed by atoms with Crippen molar-refractivity contribution in [2.24, 2.45) is 0 Å². The second kappa shape index (κ2) is 5.15. The normalized spacial score (nSPS) is 10.5. The maximum atomic E-state index is 10.7. The van der Waals surface area contributed by atoms with Crippen molar-refractivity contribution in [3.63, 3.8) is 0 Å². The maximum Gasteiger partial charge on any atom is 0.302 e. The molecule has 1 aromatic carbocycles. The van der Waals surface area contributed by atoms with Crippen LogP contribution in [0.1, 0.15) is 12.6 Å². The van der Waals surface area contributed by atoms with E-state index in [0.717, 1.165) is 16.5 Å². The molecule has 0 saturated heterocycles. The number of carbonyl (C=O) groups is 1. The molecule has 0 radical (unpaired) electrons. The summed E-state index contributed by atoms with van der Waals surface area (Å²) < 4.78 is 4.91. The number of nitrogens with zero attached hydrogens (tertiary/aromatic N) is 1. The summed E-state index contributed by atoms with van der Waals surface area (Å²) in [5, 5.41) is 2.55. The van der Waals surface area contributed by atoms with Gasteiger partial charge >= 0.3 is 5.97 Å². The highest BCUT2D eigenvalue weighted by atomic mass is 35.5. The van der Waals surface area contributed by atoms with E-state index in [1.807, 2.05) is 30.3 Å². The smallest absolute Gasteiger partial charge is 0.302 e. The Morgan fingerprint density at radius 2 is 2.18 bits per heavy atom. The number of rotatable bonds is 3. The summed E-state index contributed by atoms with van der Waals surface area (Å²) in [6, 6.07) is 9.70. The van der Waals surface area contributed by atoms with Gasteiger partial charge in [-0.05, 0) is 11.5 Å². The summed E-state index contributed by atoms with van der Waals surface area (Å²) in [6.07, 6.45) is 0.570. The maximum absolute atomic E-state index is 10.7. The Kier molecular flexibility index (Phi) is 3.59. The molecule has 17 heavy (non-hydrogen) atoms. The first-order valence-corrected chi connectivity index (χ1v) is 5.72. The first-order chi connectivity index (χ1) is 8.16. The van der Waals surface area contributed by atoms with Crippen molar-refractivity contribution in [3.8, 4) is 0 Å². The lowest BCUT2D eigenvalue weighted by molar-refractivity contribution is -0.140. The van der Waals surface area contributed by atoms with Gasteiger partial charge in [-0.3, -0.25) is 4.79 Å². The molecular formula is C13H12ClNO2. The van der Waals surface area contributed by atoms with Crippen LogP contribution in [0, 0.1) is 0 Å². The molecule has 3 nitrogen and oxygen atoms in total. The molecular weight excluding hydrogens is 238 g/mol. The highest BCUT2D eigenvalue weighted by molar-refractivity contribution is 6.30. The van der Waals surface area contributed by atoms with E-state index in [2.05, 4.69) is 4.98 Å². The van der Waals surface area contributed by atoms with Crippen molar-refractivity contribution in [2.75, 3.05) is 6.61 Å². The van der Waals surface area contributed by atoms with Crippen LogP contribution in [-0.4, -0.2) is 17.6 Å². The van der Waals surface area contributed by atoms with E-state index >= 15 is 0 Å². The number of carbonyl (C=O) groups excluding carboxylic acids is 1. The molecule has 0 saturated carbocycles. The van der Waals surface area contributed by atoms with Crippen LogP contribution in [0.15, 0.2) is 30.3 Å². The van der Waals surface area contributed by atoms with Crippen molar-refractivity contribution in [2.45, 2.75) is 13.3 Å². The molecule has 88 valence electrons. The van der Waals surface area contributed by atoms with Crippen LogP contribution in [-0.2, 0) is 16.0 Å². The van der Waals surface area contributed by atoms with Crippen LogP contribution in [0.2, 0.25) is 5.15 Å². The average molecular weight is 250 g/mol. The summed E-state index contributed by atoms with van der Waals surface area (Å²) in [4.78, 5) is 15.0. The van der Waals surface area contributed by atoms with Crippen LogP contribution < -0.4 is 0 Å². The number of halogens is 1. The molecule has 4 heteroatoms. The van der Waals surface area contributed by atoms with Crippen LogP contribution >= 0.6 is 11.6 Å². The Labute approximate surface area is 104 Å². The van der Waals surface area contributed by atoms with Gasteiger partial charge in [-0.25, -0.2) is 4.98 Å². The van der Waals surface area contributed by atoms with Gasteiger partial charge in [-0.1, -0.05) is 35.9 Å². The zero-order valence-electron chi connectivity index (χ0n) is 9.44. The molecule has 2 aromatic rings. The SMILES string of the molecule is CC(=O)OCCc1nc(Cl)cc2ccccc12. The summed E-state index contributed by atoms with van der Waals surface area (Å²) in [7, 11) is 0. The number of hydrogen-bond acceptors (Lipinski definition) is 3. The van der Waals surface area contributed by atoms with Crippen LogP contribution in [0.25, 0.3) is 10.8 Å². The quantitative estimate of drug-likeness (QED) is 0.620. The highest BCUT2D eigenvalue weighted by Gasteiger charge is 2.05. The molecule has 0 aliphatic rings. The predicted molar refractivity (Wildman–Crippen MR) is 67.1 cm³/mol. The summed E-state index contributed by atoms with van der Waals surface area (Å²) in [5.74, 6) is -0.281. The first kappa shape index (κ1) is 11.9. The molecule has 0 bridgehead atoms. The van der Waals surface area contributed by atoms with Crippen molar-refractivity contribution >= 4 is 28.3 Å². The van der Waals surface area contributed by atoms with E-state index in [1.165, 1.54) is 6.92 Å². The van der Waals surface area contributed by atoms with E-state index in [0.29, 0.717) is 18.2 Å². The monoisotopic (exact) mass is 249 g/mol. The fourth-order valence-corrected chi connectivity index (χ4v) is 1.94. The van der Waals surface area contributed by atoms with E-state index in [-0.39, 0.29) is 5.97 Å². The minimum atomic E-state index is -0.281. The van der Waals surface area contributed by atoms with Gasteiger partial charge in [0.25, 0.3) is 0 Å². The third kappa shape index (κ3) is 2.94. The standard InChI is InChI=1S/C13H12ClNO2/c1-9(16)17-7-6-12-11-5-3-2-4-10(11)8-13(14)15-12/h2-5,8H,6-7H2,1H3. The van der Waals surface area contributed by atoms with E-state index in [9.17, 15) is 4.79 Å². The van der Waals surface area contributed by atoms with Crippen molar-refractivity contribution < 1.29 is 9.53 Å². The van der Waals surface area contributed by atoms with E-state index in [4.69, 9.17) is 16.3 Å². The number of aromatic nitrogens is 1. The fraction of sp³-hybridized carbons (Fsp3) is 0.231. The predicted octanol–water partition coefficient (Wildman–Crippen LogP) is 2.99. The number of esters is 1. The Morgan fingerprint density at radius 3 is 2.94 bits per heavy atom. The van der Waals surface area contributed by atoms with E-state index < -0.39 is 0 Å². The van der Waals surface area contributed by atoms with Crippen LogP contribution in [0.4, 0.5) is 0 Å². The second-order valence-electron chi connectivity index (χ2n) is 3.70. The number of fused-ring (bicyclic) bond motifs is 1. The molecule has 0 N–H and O–H groups in total. The van der Waals surface area contributed by atoms with Crippen LogP contribution in [0.3, 0.4) is 0 Å². The molecule has 0 atom stereocenters. The Bertz CT molecular complexity index is 554. The lowest BCUT2D eigenvalue weighted by Crippen LogP contribution is -2.05. The number of benzene rings is 1. The fourth-order valence-electron chi connectivity index (χ4n) is 1.72. The van der Waals surface area contributed by atoms with Gasteiger partial charge in [0, 0.05) is 18.7 Å². The molecule has 2 rings (SSSR count). The topological polar surface area (TPSA) is 39.2 Å². The summed E-state index contributed by atoms with van der Waals surface area (Å²) >= 11 is 5.95. The van der Waals surface area contributed by atoms with Gasteiger partial charge in [0.15, 0.2) is 0 Å². The number of hydrogen-bond donors (Lipinski definition) is 0. The van der Waals surface area contributed by atoms with Gasteiger partial charge in [0.1, 0.15) is 5.15 Å². The summed E-state index contributed by atoms with van der Waals surface area (Å²) in [6.45, 7) is 1.72. The van der Waals surface area contributed by atoms with Gasteiger partial charge in [0.05, 0.1) is 12.3 Å². The minimum absolute atomic E-state index is 0.281. The Morgan fingerprint density at radius 1 is 1.41 bits per heavy atom. The van der Waals surface area contributed by atoms with Gasteiger partial charge < -0.3 is 4.74 Å². The second-order valence-corrected chi connectivity index (χ2v) is 4.09. The minimum Gasteiger partial charge on any atom is -0.465 e. The zero-order valence-corrected chi connectivity index (χ0v) is 10.2. The van der Waals surface area contributed by atoms with Crippen molar-refractivity contribution in [1.29, 1.82) is 0 Å². The number of pyridine rings is 1. The van der Waals surface area contributed by atoms with Crippen molar-refractivity contribution in [3.05, 3.63) is 41.2 Å². The largest absolute Gasteiger partial charge is 0.465 e. The van der Waals surface area contributed by atoms with E-state index in [1.54, 1.807) is 0 Å². The molecule has 1 heterocycles. The van der Waals surface area contributed by atoms with Crippen LogP contribution in [0.5, 0.6) is 0 Å². The Balaban J connectivity index is 2.29. The average Bonchev–Trinajstić information content (AvgIpc) is 2.28. The molecule has 0 unspecified atom stereocenters. The Hall–Kier alpha value is -1.61. The third-order valence-corrected chi connectivity index (χ3v) is 2.63. The van der Waals surface area contributed by atoms with Gasteiger partial charge in [0.2, 0.25) is 0 Å². The third-order valence-electron chi connectivity index (χ3n) is 2.43.